The summed E-state index contributed by atoms with van der Waals surface area (Å²) in [5, 5.41) is 11.7. The molecule has 0 bridgehead atoms. The van der Waals surface area contributed by atoms with Gasteiger partial charge < -0.3 is 15.3 Å². The molecule has 0 aliphatic carbocycles. The van der Waals surface area contributed by atoms with Gasteiger partial charge in [-0.2, -0.15) is 0 Å². The van der Waals surface area contributed by atoms with E-state index >= 15 is 0 Å². The van der Waals surface area contributed by atoms with E-state index < -0.39 is 5.97 Å². The maximum atomic E-state index is 12.0. The molecule has 0 heterocycles. The molecule has 1 atom stereocenters. The van der Waals surface area contributed by atoms with E-state index in [-0.39, 0.29) is 12.5 Å². The molecule has 0 aromatic rings. The Labute approximate surface area is 129 Å². The van der Waals surface area contributed by atoms with Crippen molar-refractivity contribution in [3.8, 4) is 0 Å². The summed E-state index contributed by atoms with van der Waals surface area (Å²) in [4.78, 5) is 24.5. The zero-order chi connectivity index (χ0) is 16.1. The molecule has 0 saturated heterocycles. The van der Waals surface area contributed by atoms with E-state index in [4.69, 9.17) is 5.11 Å². The van der Waals surface area contributed by atoms with Crippen LogP contribution < -0.4 is 5.32 Å². The molecule has 0 fully saturated rings. The lowest BCUT2D eigenvalue weighted by molar-refractivity contribution is -0.137. The van der Waals surface area contributed by atoms with Crippen molar-refractivity contribution in [2.45, 2.75) is 65.7 Å². The Morgan fingerprint density at radius 2 is 1.81 bits per heavy atom. The third kappa shape index (κ3) is 10.2. The minimum atomic E-state index is -0.739. The molecule has 21 heavy (non-hydrogen) atoms. The van der Waals surface area contributed by atoms with Gasteiger partial charge in [-0.15, -0.1) is 0 Å². The summed E-state index contributed by atoms with van der Waals surface area (Å²) in [5.41, 5.74) is 0. The van der Waals surface area contributed by atoms with Crippen molar-refractivity contribution in [3.63, 3.8) is 0 Å². The van der Waals surface area contributed by atoms with Gasteiger partial charge in [-0.25, -0.2) is 4.79 Å². The van der Waals surface area contributed by atoms with E-state index in [0.717, 1.165) is 45.2 Å². The first-order valence-corrected chi connectivity index (χ1v) is 8.29. The first-order chi connectivity index (χ1) is 10.0. The number of aliphatic carboxylic acids is 1. The zero-order valence-electron chi connectivity index (χ0n) is 13.9. The summed E-state index contributed by atoms with van der Waals surface area (Å²) in [6.07, 6.45) is 5.96. The van der Waals surface area contributed by atoms with Gasteiger partial charge in [-0.3, -0.25) is 4.79 Å². The van der Waals surface area contributed by atoms with Gasteiger partial charge >= 0.3 is 12.0 Å². The highest BCUT2D eigenvalue weighted by Gasteiger charge is 2.13. The van der Waals surface area contributed by atoms with Gasteiger partial charge in [0.1, 0.15) is 0 Å². The van der Waals surface area contributed by atoms with E-state index in [0.29, 0.717) is 18.9 Å². The molecule has 0 spiro atoms. The fourth-order valence-electron chi connectivity index (χ4n) is 2.42. The normalized spacial score (nSPS) is 12.0. The number of carboxylic acids is 1. The van der Waals surface area contributed by atoms with Crippen LogP contribution in [0.5, 0.6) is 0 Å². The molecule has 0 aromatic carbocycles. The minimum Gasteiger partial charge on any atom is -0.481 e. The first kappa shape index (κ1) is 19.7. The second kappa shape index (κ2) is 12.5. The zero-order valence-corrected chi connectivity index (χ0v) is 13.9. The molecule has 0 aromatic heterocycles. The molecule has 5 nitrogen and oxygen atoms in total. The van der Waals surface area contributed by atoms with Crippen molar-refractivity contribution >= 4 is 12.0 Å². The maximum absolute atomic E-state index is 12.0. The van der Waals surface area contributed by atoms with Crippen LogP contribution in [0, 0.1) is 5.92 Å². The number of hydrogen-bond donors (Lipinski definition) is 2. The highest BCUT2D eigenvalue weighted by Crippen LogP contribution is 2.17. The van der Waals surface area contributed by atoms with Crippen molar-refractivity contribution in [3.05, 3.63) is 0 Å². The van der Waals surface area contributed by atoms with Crippen molar-refractivity contribution < 1.29 is 14.7 Å². The van der Waals surface area contributed by atoms with E-state index in [1.165, 1.54) is 0 Å². The van der Waals surface area contributed by atoms with E-state index in [2.05, 4.69) is 19.2 Å². The summed E-state index contributed by atoms with van der Waals surface area (Å²) in [6, 6.07) is -0.000525. The summed E-state index contributed by atoms with van der Waals surface area (Å²) in [6.45, 7) is 8.37. The van der Waals surface area contributed by atoms with Crippen LogP contribution in [0.2, 0.25) is 0 Å². The predicted molar refractivity (Wildman–Crippen MR) is 85.4 cm³/mol. The van der Waals surface area contributed by atoms with Gasteiger partial charge in [0.2, 0.25) is 0 Å². The molecule has 0 aliphatic heterocycles. The summed E-state index contributed by atoms with van der Waals surface area (Å²) in [5.74, 6) is -0.353. The SMILES string of the molecule is CCCCN(CC)C(=O)NCCC(CCC)CCC(=O)O. The molecule has 5 heteroatoms. The Morgan fingerprint density at radius 3 is 2.33 bits per heavy atom. The number of unbranched alkanes of at least 4 members (excludes halogenated alkanes) is 1. The second-order valence-corrected chi connectivity index (χ2v) is 5.54. The Balaban J connectivity index is 4.04. The van der Waals surface area contributed by atoms with Crippen molar-refractivity contribution in [1.29, 1.82) is 0 Å². The summed E-state index contributed by atoms with van der Waals surface area (Å²) < 4.78 is 0. The van der Waals surface area contributed by atoms with Crippen LogP contribution >= 0.6 is 0 Å². The molecule has 0 rings (SSSR count). The van der Waals surface area contributed by atoms with Crippen LogP contribution in [-0.2, 0) is 4.79 Å². The number of amides is 2. The molecule has 1 unspecified atom stereocenters. The van der Waals surface area contributed by atoms with Gasteiger partial charge in [-0.1, -0.05) is 33.1 Å². The Hall–Kier alpha value is -1.26. The second-order valence-electron chi connectivity index (χ2n) is 5.54. The van der Waals surface area contributed by atoms with Gasteiger partial charge in [0, 0.05) is 26.1 Å². The fourth-order valence-corrected chi connectivity index (χ4v) is 2.42. The molecule has 2 N–H and O–H groups in total. The van der Waals surface area contributed by atoms with Crippen LogP contribution in [0.25, 0.3) is 0 Å². The van der Waals surface area contributed by atoms with Crippen molar-refractivity contribution in [2.24, 2.45) is 5.92 Å². The topological polar surface area (TPSA) is 69.6 Å². The molecular formula is C16H32N2O3. The lowest BCUT2D eigenvalue weighted by Crippen LogP contribution is -2.41. The van der Waals surface area contributed by atoms with Gasteiger partial charge in [0.05, 0.1) is 0 Å². The van der Waals surface area contributed by atoms with E-state index in [1.54, 1.807) is 0 Å². The third-order valence-corrected chi connectivity index (χ3v) is 3.74. The van der Waals surface area contributed by atoms with Crippen molar-refractivity contribution in [2.75, 3.05) is 19.6 Å². The maximum Gasteiger partial charge on any atom is 0.317 e. The van der Waals surface area contributed by atoms with Crippen LogP contribution in [-0.4, -0.2) is 41.6 Å². The Kier molecular flexibility index (Phi) is 11.7. The van der Waals surface area contributed by atoms with Crippen LogP contribution in [0.1, 0.15) is 65.7 Å². The first-order valence-electron chi connectivity index (χ1n) is 8.29. The van der Waals surface area contributed by atoms with Crippen LogP contribution in [0.15, 0.2) is 0 Å². The predicted octanol–water partition coefficient (Wildman–Crippen LogP) is 3.49. The lowest BCUT2D eigenvalue weighted by Gasteiger charge is -2.22. The molecule has 2 amide bonds. The third-order valence-electron chi connectivity index (χ3n) is 3.74. The minimum absolute atomic E-state index is 0.000525. The molecular weight excluding hydrogens is 268 g/mol. The molecule has 124 valence electrons. The molecule has 0 radical (unpaired) electrons. The monoisotopic (exact) mass is 300 g/mol. The van der Waals surface area contributed by atoms with Gasteiger partial charge in [-0.05, 0) is 32.1 Å². The molecule has 0 aliphatic rings. The summed E-state index contributed by atoms with van der Waals surface area (Å²) in [7, 11) is 0. The highest BCUT2D eigenvalue weighted by atomic mass is 16.4. The number of nitrogens with zero attached hydrogens (tertiary/aromatic N) is 1. The quantitative estimate of drug-likeness (QED) is 0.579. The van der Waals surface area contributed by atoms with Crippen molar-refractivity contribution in [1.82, 2.24) is 10.2 Å². The average molecular weight is 300 g/mol. The Bertz CT molecular complexity index is 295. The largest absolute Gasteiger partial charge is 0.481 e. The van der Waals surface area contributed by atoms with Crippen LogP contribution in [0.3, 0.4) is 0 Å². The molecule has 0 saturated carbocycles. The van der Waals surface area contributed by atoms with E-state index in [1.807, 2.05) is 11.8 Å². The fraction of sp³-hybridized carbons (Fsp3) is 0.875. The number of urea groups is 1. The van der Waals surface area contributed by atoms with Crippen LogP contribution in [0.4, 0.5) is 4.79 Å². The summed E-state index contributed by atoms with van der Waals surface area (Å²) >= 11 is 0. The van der Waals surface area contributed by atoms with Gasteiger partial charge in [0.15, 0.2) is 0 Å². The number of hydrogen-bond acceptors (Lipinski definition) is 2. The Morgan fingerprint density at radius 1 is 1.10 bits per heavy atom. The average Bonchev–Trinajstić information content (AvgIpc) is 2.45. The number of rotatable bonds is 12. The number of nitrogens with one attached hydrogen (secondary N) is 1. The highest BCUT2D eigenvalue weighted by molar-refractivity contribution is 5.74. The standard InChI is InChI=1S/C16H32N2O3/c1-4-7-13-18(6-3)16(21)17-12-11-14(8-5-2)9-10-15(19)20/h14H,4-13H2,1-3H3,(H,17,21)(H,19,20). The lowest BCUT2D eigenvalue weighted by atomic mass is 9.94. The van der Waals surface area contributed by atoms with Gasteiger partial charge in [0.25, 0.3) is 0 Å². The number of carbonyl (C=O) groups excluding carboxylic acids is 1. The smallest absolute Gasteiger partial charge is 0.317 e. The number of carbonyl (C=O) groups is 2. The van der Waals surface area contributed by atoms with E-state index in [9.17, 15) is 9.59 Å². The number of carboxylic acid groups (broad SMARTS) is 1.